The molecule has 1 aromatic heterocycles. The van der Waals surface area contributed by atoms with Gasteiger partial charge in [-0.1, -0.05) is 0 Å². The van der Waals surface area contributed by atoms with E-state index in [1.807, 2.05) is 6.92 Å². The second-order valence-electron chi connectivity index (χ2n) is 5.30. The van der Waals surface area contributed by atoms with Crippen LogP contribution in [0.4, 0.5) is 5.69 Å². The van der Waals surface area contributed by atoms with Gasteiger partial charge in [-0.2, -0.15) is 0 Å². The summed E-state index contributed by atoms with van der Waals surface area (Å²) in [5.41, 5.74) is 1.42. The molecule has 2 atom stereocenters. The molecule has 0 radical (unpaired) electrons. The van der Waals surface area contributed by atoms with E-state index >= 15 is 0 Å². The molecule has 1 fully saturated rings. The lowest BCUT2D eigenvalue weighted by atomic mass is 10.1. The Morgan fingerprint density at radius 2 is 2.24 bits per heavy atom. The summed E-state index contributed by atoms with van der Waals surface area (Å²) < 4.78 is 5.14. The molecule has 0 bridgehead atoms. The number of benzene rings is 1. The maximum atomic E-state index is 12.1. The minimum absolute atomic E-state index is 0.207. The normalized spacial score (nSPS) is 21.6. The number of anilines is 1. The van der Waals surface area contributed by atoms with Crippen molar-refractivity contribution in [1.82, 2.24) is 5.32 Å². The number of aryl methyl sites for hydroxylation is 1. The summed E-state index contributed by atoms with van der Waals surface area (Å²) in [6.45, 7) is 2.26. The van der Waals surface area contributed by atoms with E-state index in [0.29, 0.717) is 24.2 Å². The van der Waals surface area contributed by atoms with E-state index in [1.165, 1.54) is 6.07 Å². The lowest BCUT2D eigenvalue weighted by Gasteiger charge is -2.11. The van der Waals surface area contributed by atoms with Gasteiger partial charge in [0.2, 0.25) is 5.91 Å². The van der Waals surface area contributed by atoms with Crippen molar-refractivity contribution >= 4 is 22.6 Å². The third kappa shape index (κ3) is 2.81. The Morgan fingerprint density at radius 1 is 1.43 bits per heavy atom. The Balaban J connectivity index is 1.84. The van der Waals surface area contributed by atoms with Crippen LogP contribution in [0.1, 0.15) is 12.0 Å². The number of rotatable bonds is 2. The van der Waals surface area contributed by atoms with Crippen LogP contribution in [0.2, 0.25) is 0 Å². The molecule has 6 heteroatoms. The van der Waals surface area contributed by atoms with E-state index in [4.69, 9.17) is 4.42 Å². The fraction of sp³-hybridized carbons (Fsp3) is 0.333. The molecule has 0 aliphatic carbocycles. The second kappa shape index (κ2) is 5.31. The highest BCUT2D eigenvalue weighted by Gasteiger charge is 2.28. The predicted molar refractivity (Wildman–Crippen MR) is 78.3 cm³/mol. The van der Waals surface area contributed by atoms with Gasteiger partial charge in [0.1, 0.15) is 5.58 Å². The van der Waals surface area contributed by atoms with Gasteiger partial charge in [-0.05, 0) is 31.0 Å². The number of hydrogen-bond acceptors (Lipinski definition) is 5. The SMILES string of the molecule is Cc1cc(=O)oc2cc(NC(=O)[C@@H]3C[C@@H](O)CN3)ccc12. The minimum Gasteiger partial charge on any atom is -0.423 e. The van der Waals surface area contributed by atoms with Crippen LogP contribution in [0.5, 0.6) is 0 Å². The first-order valence-corrected chi connectivity index (χ1v) is 6.80. The summed E-state index contributed by atoms with van der Waals surface area (Å²) in [6.07, 6.45) is -0.0915. The standard InChI is InChI=1S/C15H16N2O4/c1-8-4-14(19)21-13-5-9(2-3-11(8)13)17-15(20)12-6-10(18)7-16-12/h2-5,10,12,16,18H,6-7H2,1H3,(H,17,20)/t10-,12+/m1/s1. The molecule has 2 heterocycles. The lowest BCUT2D eigenvalue weighted by molar-refractivity contribution is -0.117. The summed E-state index contributed by atoms with van der Waals surface area (Å²) >= 11 is 0. The van der Waals surface area contributed by atoms with E-state index in [1.54, 1.807) is 18.2 Å². The van der Waals surface area contributed by atoms with Gasteiger partial charge >= 0.3 is 5.63 Å². The van der Waals surface area contributed by atoms with Crippen molar-refractivity contribution in [3.05, 3.63) is 40.2 Å². The zero-order chi connectivity index (χ0) is 15.0. The van der Waals surface area contributed by atoms with Crippen LogP contribution in [0.15, 0.2) is 33.5 Å². The van der Waals surface area contributed by atoms with E-state index in [2.05, 4.69) is 10.6 Å². The molecular weight excluding hydrogens is 272 g/mol. The fourth-order valence-electron chi connectivity index (χ4n) is 2.55. The molecule has 21 heavy (non-hydrogen) atoms. The summed E-state index contributed by atoms with van der Waals surface area (Å²) in [7, 11) is 0. The molecule has 1 saturated heterocycles. The van der Waals surface area contributed by atoms with Crippen LogP contribution in [0, 0.1) is 6.92 Å². The molecule has 0 saturated carbocycles. The molecule has 1 aliphatic heterocycles. The Morgan fingerprint density at radius 3 is 2.95 bits per heavy atom. The highest BCUT2D eigenvalue weighted by molar-refractivity contribution is 5.97. The van der Waals surface area contributed by atoms with Gasteiger partial charge in [0.15, 0.2) is 0 Å². The number of amides is 1. The van der Waals surface area contributed by atoms with Gasteiger partial charge in [-0.15, -0.1) is 0 Å². The molecule has 1 amide bonds. The smallest absolute Gasteiger partial charge is 0.336 e. The van der Waals surface area contributed by atoms with E-state index in [0.717, 1.165) is 10.9 Å². The van der Waals surface area contributed by atoms with Crippen LogP contribution >= 0.6 is 0 Å². The molecule has 0 unspecified atom stereocenters. The van der Waals surface area contributed by atoms with Crippen LogP contribution in [-0.2, 0) is 4.79 Å². The number of hydrogen-bond donors (Lipinski definition) is 3. The van der Waals surface area contributed by atoms with Crippen molar-refractivity contribution < 1.29 is 14.3 Å². The molecule has 110 valence electrons. The highest BCUT2D eigenvalue weighted by atomic mass is 16.4. The number of nitrogens with one attached hydrogen (secondary N) is 2. The zero-order valence-electron chi connectivity index (χ0n) is 11.6. The van der Waals surface area contributed by atoms with Crippen molar-refractivity contribution in [3.63, 3.8) is 0 Å². The Kier molecular flexibility index (Phi) is 3.48. The fourth-order valence-corrected chi connectivity index (χ4v) is 2.55. The van der Waals surface area contributed by atoms with Crippen LogP contribution in [-0.4, -0.2) is 29.7 Å². The maximum absolute atomic E-state index is 12.1. The summed E-state index contributed by atoms with van der Waals surface area (Å²) in [5.74, 6) is -0.207. The first-order chi connectivity index (χ1) is 10.0. The van der Waals surface area contributed by atoms with E-state index < -0.39 is 17.8 Å². The van der Waals surface area contributed by atoms with Crippen LogP contribution in [0.25, 0.3) is 11.0 Å². The van der Waals surface area contributed by atoms with Gasteiger partial charge in [0.05, 0.1) is 12.1 Å². The molecule has 1 aromatic carbocycles. The number of fused-ring (bicyclic) bond motifs is 1. The Bertz CT molecular complexity index is 753. The zero-order valence-corrected chi connectivity index (χ0v) is 11.6. The third-order valence-electron chi connectivity index (χ3n) is 3.64. The average molecular weight is 288 g/mol. The number of β-amino-alcohol motifs (C(OH)–C–C–N with tert-alkyl or cyclic N) is 1. The van der Waals surface area contributed by atoms with E-state index in [-0.39, 0.29) is 5.91 Å². The molecule has 6 nitrogen and oxygen atoms in total. The van der Waals surface area contributed by atoms with Crippen molar-refractivity contribution in [1.29, 1.82) is 0 Å². The molecule has 3 rings (SSSR count). The second-order valence-corrected chi connectivity index (χ2v) is 5.30. The van der Waals surface area contributed by atoms with Crippen molar-refractivity contribution in [2.24, 2.45) is 0 Å². The van der Waals surface area contributed by atoms with Crippen molar-refractivity contribution in [3.8, 4) is 0 Å². The molecule has 3 N–H and O–H groups in total. The molecular formula is C15H16N2O4. The quantitative estimate of drug-likeness (QED) is 0.710. The lowest BCUT2D eigenvalue weighted by Crippen LogP contribution is -2.35. The van der Waals surface area contributed by atoms with Crippen LogP contribution in [0.3, 0.4) is 0 Å². The topological polar surface area (TPSA) is 91.6 Å². The van der Waals surface area contributed by atoms with Gasteiger partial charge < -0.3 is 20.2 Å². The molecule has 0 spiro atoms. The van der Waals surface area contributed by atoms with Crippen LogP contribution < -0.4 is 16.3 Å². The maximum Gasteiger partial charge on any atom is 0.336 e. The van der Waals surface area contributed by atoms with Crippen molar-refractivity contribution in [2.75, 3.05) is 11.9 Å². The number of carbonyl (C=O) groups excluding carboxylic acids is 1. The highest BCUT2D eigenvalue weighted by Crippen LogP contribution is 2.21. The number of aliphatic hydroxyl groups is 1. The number of aliphatic hydroxyl groups excluding tert-OH is 1. The molecule has 1 aliphatic rings. The number of carbonyl (C=O) groups is 1. The largest absolute Gasteiger partial charge is 0.423 e. The predicted octanol–water partition coefficient (Wildman–Crippen LogP) is 0.763. The first kappa shape index (κ1) is 13.8. The summed E-state index contributed by atoms with van der Waals surface area (Å²) in [4.78, 5) is 23.4. The van der Waals surface area contributed by atoms with Crippen molar-refractivity contribution in [2.45, 2.75) is 25.5 Å². The minimum atomic E-state index is -0.488. The summed E-state index contributed by atoms with van der Waals surface area (Å²) in [6, 6.07) is 6.23. The van der Waals surface area contributed by atoms with Gasteiger partial charge in [-0.25, -0.2) is 4.79 Å². The van der Waals surface area contributed by atoms with Gasteiger partial charge in [-0.3, -0.25) is 4.79 Å². The molecule has 2 aromatic rings. The summed E-state index contributed by atoms with van der Waals surface area (Å²) in [5, 5.41) is 16.0. The Labute approximate surface area is 120 Å². The van der Waals surface area contributed by atoms with E-state index in [9.17, 15) is 14.7 Å². The monoisotopic (exact) mass is 288 g/mol. The van der Waals surface area contributed by atoms with Gasteiger partial charge in [0, 0.05) is 29.8 Å². The Hall–Kier alpha value is -2.18. The first-order valence-electron chi connectivity index (χ1n) is 6.80. The third-order valence-corrected chi connectivity index (χ3v) is 3.64. The average Bonchev–Trinajstić information content (AvgIpc) is 2.85. The van der Waals surface area contributed by atoms with Gasteiger partial charge in [0.25, 0.3) is 0 Å².